The van der Waals surface area contributed by atoms with E-state index in [-0.39, 0.29) is 4.75 Å². The average Bonchev–Trinajstić information content (AvgIpc) is 2.98. The molecule has 0 bridgehead atoms. The molecule has 2 atom stereocenters. The van der Waals surface area contributed by atoms with Crippen molar-refractivity contribution < 1.29 is 0 Å². The zero-order chi connectivity index (χ0) is 14.0. The molecular formula is C16H21N3S. The van der Waals surface area contributed by atoms with E-state index in [1.807, 2.05) is 30.0 Å². The molecule has 0 spiro atoms. The van der Waals surface area contributed by atoms with Crippen molar-refractivity contribution in [2.75, 3.05) is 6.26 Å². The summed E-state index contributed by atoms with van der Waals surface area (Å²) >= 11 is 1.97. The number of nitrogens with zero attached hydrogens (tertiary/aromatic N) is 3. The fraction of sp³-hybridized carbons (Fsp3) is 0.500. The lowest BCUT2D eigenvalue weighted by molar-refractivity contribution is 0.267. The van der Waals surface area contributed by atoms with Crippen LogP contribution in [-0.2, 0) is 0 Å². The minimum Gasteiger partial charge on any atom is -0.247 e. The van der Waals surface area contributed by atoms with Gasteiger partial charge in [-0.25, -0.2) is 4.68 Å². The van der Waals surface area contributed by atoms with Gasteiger partial charge in [0.15, 0.2) is 0 Å². The molecule has 0 unspecified atom stereocenters. The molecule has 1 aliphatic rings. The summed E-state index contributed by atoms with van der Waals surface area (Å²) in [6, 6.07) is 10.7. The molecule has 1 heterocycles. The molecule has 1 aliphatic carbocycles. The van der Waals surface area contributed by atoms with Crippen molar-refractivity contribution in [2.24, 2.45) is 0 Å². The standard InChI is InChI=1S/C16H21N3S/c1-16(20-2)11-7-6-10-15(16)19-12-14(17-18-19)13-8-4-3-5-9-13/h3-5,8-9,12,15H,6-7,10-11H2,1-2H3/t15-,16-/m1/s1. The Kier molecular flexibility index (Phi) is 3.83. The van der Waals surface area contributed by atoms with Crippen LogP contribution in [0, 0.1) is 0 Å². The van der Waals surface area contributed by atoms with E-state index in [4.69, 9.17) is 0 Å². The van der Waals surface area contributed by atoms with Gasteiger partial charge in [-0.2, -0.15) is 11.8 Å². The number of rotatable bonds is 3. The molecule has 4 heteroatoms. The minimum absolute atomic E-state index is 0.278. The van der Waals surface area contributed by atoms with Crippen LogP contribution in [0.4, 0.5) is 0 Å². The molecule has 2 aromatic rings. The van der Waals surface area contributed by atoms with Gasteiger partial charge < -0.3 is 0 Å². The second kappa shape index (κ2) is 5.60. The van der Waals surface area contributed by atoms with Crippen molar-refractivity contribution in [3.05, 3.63) is 36.5 Å². The minimum atomic E-state index is 0.278. The molecule has 0 saturated heterocycles. The van der Waals surface area contributed by atoms with E-state index in [0.717, 1.165) is 11.3 Å². The zero-order valence-corrected chi connectivity index (χ0v) is 12.9. The molecule has 1 aromatic carbocycles. The summed E-state index contributed by atoms with van der Waals surface area (Å²) in [5.41, 5.74) is 2.11. The molecule has 0 N–H and O–H groups in total. The van der Waals surface area contributed by atoms with Crippen LogP contribution in [0.3, 0.4) is 0 Å². The van der Waals surface area contributed by atoms with Gasteiger partial charge in [0, 0.05) is 10.3 Å². The summed E-state index contributed by atoms with van der Waals surface area (Å²) in [6.45, 7) is 2.37. The Morgan fingerprint density at radius 3 is 2.80 bits per heavy atom. The van der Waals surface area contributed by atoms with Crippen molar-refractivity contribution >= 4 is 11.8 Å². The lowest BCUT2D eigenvalue weighted by Gasteiger charge is -2.39. The Labute approximate surface area is 124 Å². The molecule has 1 aromatic heterocycles. The van der Waals surface area contributed by atoms with Gasteiger partial charge >= 0.3 is 0 Å². The monoisotopic (exact) mass is 287 g/mol. The Morgan fingerprint density at radius 2 is 2.05 bits per heavy atom. The highest BCUT2D eigenvalue weighted by molar-refractivity contribution is 8.00. The molecule has 20 heavy (non-hydrogen) atoms. The number of hydrogen-bond acceptors (Lipinski definition) is 3. The highest BCUT2D eigenvalue weighted by Gasteiger charge is 2.37. The molecular weight excluding hydrogens is 266 g/mol. The van der Waals surface area contributed by atoms with Crippen molar-refractivity contribution in [2.45, 2.75) is 43.4 Å². The summed E-state index contributed by atoms with van der Waals surface area (Å²) in [4.78, 5) is 0. The molecule has 0 amide bonds. The van der Waals surface area contributed by atoms with Gasteiger partial charge in [-0.15, -0.1) is 5.10 Å². The highest BCUT2D eigenvalue weighted by atomic mass is 32.2. The van der Waals surface area contributed by atoms with Crippen molar-refractivity contribution in [1.29, 1.82) is 0 Å². The molecule has 1 saturated carbocycles. The van der Waals surface area contributed by atoms with E-state index in [9.17, 15) is 0 Å². The summed E-state index contributed by atoms with van der Waals surface area (Å²) in [7, 11) is 0. The van der Waals surface area contributed by atoms with Gasteiger partial charge in [0.2, 0.25) is 0 Å². The summed E-state index contributed by atoms with van der Waals surface area (Å²) < 4.78 is 2.37. The van der Waals surface area contributed by atoms with Crippen LogP contribution in [0.25, 0.3) is 11.3 Å². The molecule has 106 valence electrons. The number of benzene rings is 1. The predicted molar refractivity (Wildman–Crippen MR) is 84.9 cm³/mol. The van der Waals surface area contributed by atoms with Crippen LogP contribution in [0.2, 0.25) is 0 Å². The molecule has 1 fully saturated rings. The number of thioether (sulfide) groups is 1. The summed E-state index contributed by atoms with van der Waals surface area (Å²) in [5.74, 6) is 0. The Morgan fingerprint density at radius 1 is 1.25 bits per heavy atom. The largest absolute Gasteiger partial charge is 0.247 e. The smallest absolute Gasteiger partial charge is 0.113 e. The van der Waals surface area contributed by atoms with E-state index in [2.05, 4.69) is 46.5 Å². The zero-order valence-electron chi connectivity index (χ0n) is 12.1. The van der Waals surface area contributed by atoms with Crippen LogP contribution in [0.1, 0.15) is 38.6 Å². The van der Waals surface area contributed by atoms with Crippen LogP contribution < -0.4 is 0 Å². The van der Waals surface area contributed by atoms with Crippen molar-refractivity contribution in [3.63, 3.8) is 0 Å². The maximum atomic E-state index is 4.41. The van der Waals surface area contributed by atoms with Crippen LogP contribution >= 0.6 is 11.8 Å². The third kappa shape index (κ3) is 2.49. The maximum absolute atomic E-state index is 4.41. The number of aromatic nitrogens is 3. The van der Waals surface area contributed by atoms with Crippen molar-refractivity contribution in [1.82, 2.24) is 15.0 Å². The van der Waals surface area contributed by atoms with E-state index < -0.39 is 0 Å². The van der Waals surface area contributed by atoms with E-state index in [1.54, 1.807) is 0 Å². The first-order valence-corrected chi connectivity index (χ1v) is 8.48. The second-order valence-corrected chi connectivity index (χ2v) is 7.07. The molecule has 0 radical (unpaired) electrons. The first-order chi connectivity index (χ1) is 9.73. The third-order valence-corrected chi connectivity index (χ3v) is 5.88. The lowest BCUT2D eigenvalue weighted by Crippen LogP contribution is -2.36. The maximum Gasteiger partial charge on any atom is 0.113 e. The van der Waals surface area contributed by atoms with Gasteiger partial charge in [-0.05, 0) is 26.0 Å². The fourth-order valence-corrected chi connectivity index (χ4v) is 3.95. The topological polar surface area (TPSA) is 30.7 Å². The third-order valence-electron chi connectivity index (χ3n) is 4.47. The SMILES string of the molecule is CS[C@]1(C)CCCC[C@H]1n1cc(-c2ccccc2)nn1. The first-order valence-electron chi connectivity index (χ1n) is 7.25. The average molecular weight is 287 g/mol. The summed E-state index contributed by atoms with van der Waals surface area (Å²) in [5, 5.41) is 8.78. The van der Waals surface area contributed by atoms with E-state index in [1.165, 1.54) is 25.7 Å². The Bertz CT molecular complexity index is 566. The number of hydrogen-bond donors (Lipinski definition) is 0. The van der Waals surface area contributed by atoms with Gasteiger partial charge in [0.1, 0.15) is 5.69 Å². The van der Waals surface area contributed by atoms with Gasteiger partial charge in [0.05, 0.1) is 12.2 Å². The van der Waals surface area contributed by atoms with Crippen LogP contribution in [0.5, 0.6) is 0 Å². The first kappa shape index (κ1) is 13.7. The Balaban J connectivity index is 1.89. The molecule has 0 aliphatic heterocycles. The van der Waals surface area contributed by atoms with E-state index in [0.29, 0.717) is 6.04 Å². The quantitative estimate of drug-likeness (QED) is 0.848. The normalized spacial score (nSPS) is 26.6. The van der Waals surface area contributed by atoms with Gasteiger partial charge in [-0.1, -0.05) is 48.4 Å². The highest BCUT2D eigenvalue weighted by Crippen LogP contribution is 2.45. The van der Waals surface area contributed by atoms with Gasteiger partial charge in [0.25, 0.3) is 0 Å². The lowest BCUT2D eigenvalue weighted by atomic mass is 9.85. The molecule has 3 rings (SSSR count). The fourth-order valence-electron chi connectivity index (χ4n) is 3.11. The molecule has 3 nitrogen and oxygen atoms in total. The second-order valence-electron chi connectivity index (χ2n) is 5.73. The van der Waals surface area contributed by atoms with Crippen LogP contribution in [-0.4, -0.2) is 26.0 Å². The Hall–Kier alpha value is -1.29. The predicted octanol–water partition coefficient (Wildman–Crippen LogP) is 4.18. The van der Waals surface area contributed by atoms with Gasteiger partial charge in [-0.3, -0.25) is 0 Å². The van der Waals surface area contributed by atoms with E-state index >= 15 is 0 Å². The summed E-state index contributed by atoms with van der Waals surface area (Å²) in [6.07, 6.45) is 9.41. The van der Waals surface area contributed by atoms with Crippen LogP contribution in [0.15, 0.2) is 36.5 Å². The van der Waals surface area contributed by atoms with Crippen molar-refractivity contribution in [3.8, 4) is 11.3 Å².